The standard InChI is InChI=1S/C17H17F3N2O4S/c1-22(14-5-3-4-6-15(14)26-2)27(24,25)13-9-7-12(8-10-13)16(23)21-11-17(18,19)20/h3-10H,11H2,1-2H3,(H,21,23). The number of nitrogens with one attached hydrogen (secondary N) is 1. The van der Waals surface area contributed by atoms with Gasteiger partial charge in [-0.3, -0.25) is 9.10 Å². The first-order chi connectivity index (χ1) is 12.6. The van der Waals surface area contributed by atoms with Crippen molar-refractivity contribution in [1.82, 2.24) is 5.32 Å². The Balaban J connectivity index is 2.23. The summed E-state index contributed by atoms with van der Waals surface area (Å²) in [6, 6.07) is 11.1. The predicted molar refractivity (Wildman–Crippen MR) is 93.4 cm³/mol. The molecule has 0 saturated carbocycles. The monoisotopic (exact) mass is 402 g/mol. The molecule has 0 bridgehead atoms. The highest BCUT2D eigenvalue weighted by atomic mass is 32.2. The summed E-state index contributed by atoms with van der Waals surface area (Å²) < 4.78 is 68.2. The van der Waals surface area contributed by atoms with Gasteiger partial charge in [-0.05, 0) is 36.4 Å². The van der Waals surface area contributed by atoms with Crippen molar-refractivity contribution in [3.05, 3.63) is 54.1 Å². The minimum atomic E-state index is -4.53. The number of para-hydroxylation sites is 2. The number of halogens is 3. The highest BCUT2D eigenvalue weighted by Crippen LogP contribution is 2.30. The Bertz CT molecular complexity index is 913. The van der Waals surface area contributed by atoms with Crippen molar-refractivity contribution < 1.29 is 31.1 Å². The van der Waals surface area contributed by atoms with Gasteiger partial charge in [0.25, 0.3) is 15.9 Å². The summed E-state index contributed by atoms with van der Waals surface area (Å²) in [5, 5.41) is 1.72. The fourth-order valence-electron chi connectivity index (χ4n) is 2.24. The molecule has 0 spiro atoms. The number of rotatable bonds is 6. The molecule has 6 nitrogen and oxygen atoms in total. The maximum Gasteiger partial charge on any atom is 0.405 e. The second-order valence-electron chi connectivity index (χ2n) is 5.47. The van der Waals surface area contributed by atoms with Crippen molar-refractivity contribution in [2.24, 2.45) is 0 Å². The van der Waals surface area contributed by atoms with E-state index in [1.165, 1.54) is 14.2 Å². The van der Waals surface area contributed by atoms with Gasteiger partial charge >= 0.3 is 6.18 Å². The molecule has 10 heteroatoms. The second-order valence-corrected chi connectivity index (χ2v) is 7.44. The second kappa shape index (κ2) is 7.87. The van der Waals surface area contributed by atoms with E-state index in [1.807, 2.05) is 0 Å². The third-order valence-corrected chi connectivity index (χ3v) is 5.43. The van der Waals surface area contributed by atoms with Crippen molar-refractivity contribution >= 4 is 21.6 Å². The molecule has 27 heavy (non-hydrogen) atoms. The van der Waals surface area contributed by atoms with Gasteiger partial charge in [-0.15, -0.1) is 0 Å². The number of carbonyl (C=O) groups excluding carboxylic acids is 1. The SMILES string of the molecule is COc1ccccc1N(C)S(=O)(=O)c1ccc(C(=O)NCC(F)(F)F)cc1. The average molecular weight is 402 g/mol. The van der Waals surface area contributed by atoms with Gasteiger partial charge in [-0.2, -0.15) is 13.2 Å². The van der Waals surface area contributed by atoms with Gasteiger partial charge in [-0.1, -0.05) is 12.1 Å². The molecule has 0 aromatic heterocycles. The van der Waals surface area contributed by atoms with Gasteiger partial charge in [-0.25, -0.2) is 8.42 Å². The van der Waals surface area contributed by atoms with Crippen molar-refractivity contribution in [2.75, 3.05) is 25.0 Å². The number of sulfonamides is 1. The molecule has 0 aliphatic heterocycles. The van der Waals surface area contributed by atoms with Gasteiger partial charge in [0.1, 0.15) is 12.3 Å². The largest absolute Gasteiger partial charge is 0.495 e. The van der Waals surface area contributed by atoms with Crippen LogP contribution in [0.2, 0.25) is 0 Å². The normalized spacial score (nSPS) is 11.7. The topological polar surface area (TPSA) is 75.7 Å². The quantitative estimate of drug-likeness (QED) is 0.806. The van der Waals surface area contributed by atoms with Gasteiger partial charge in [0, 0.05) is 12.6 Å². The molecule has 146 valence electrons. The van der Waals surface area contributed by atoms with Gasteiger partial charge in [0.05, 0.1) is 17.7 Å². The van der Waals surface area contributed by atoms with Crippen LogP contribution >= 0.6 is 0 Å². The number of benzene rings is 2. The summed E-state index contributed by atoms with van der Waals surface area (Å²) in [7, 11) is -1.21. The molecular formula is C17H17F3N2O4S. The number of hydrogen-bond acceptors (Lipinski definition) is 4. The molecule has 1 N–H and O–H groups in total. The zero-order chi connectivity index (χ0) is 20.2. The fourth-order valence-corrected chi connectivity index (χ4v) is 3.44. The molecule has 2 aromatic carbocycles. The maximum absolute atomic E-state index is 12.8. The summed E-state index contributed by atoms with van der Waals surface area (Å²) in [6.07, 6.45) is -4.53. The number of nitrogens with zero attached hydrogens (tertiary/aromatic N) is 1. The number of amides is 1. The van der Waals surface area contributed by atoms with E-state index in [-0.39, 0.29) is 10.5 Å². The first-order valence-corrected chi connectivity index (χ1v) is 9.07. The highest BCUT2D eigenvalue weighted by Gasteiger charge is 2.28. The van der Waals surface area contributed by atoms with Crippen LogP contribution in [0.1, 0.15) is 10.4 Å². The van der Waals surface area contributed by atoms with E-state index in [0.717, 1.165) is 28.6 Å². The van der Waals surface area contributed by atoms with Crippen LogP contribution in [0.15, 0.2) is 53.4 Å². The summed E-state index contributed by atoms with van der Waals surface area (Å²) in [6.45, 7) is -1.47. The number of alkyl halides is 3. The molecule has 0 atom stereocenters. The molecule has 2 aromatic rings. The lowest BCUT2D eigenvalue weighted by Gasteiger charge is -2.21. The van der Waals surface area contributed by atoms with Crippen LogP contribution in [0.3, 0.4) is 0 Å². The van der Waals surface area contributed by atoms with Crippen molar-refractivity contribution in [2.45, 2.75) is 11.1 Å². The molecule has 0 heterocycles. The Morgan fingerprint density at radius 1 is 1.11 bits per heavy atom. The van der Waals surface area contributed by atoms with Gasteiger partial charge < -0.3 is 10.1 Å². The van der Waals surface area contributed by atoms with Crippen LogP contribution in [0, 0.1) is 0 Å². The molecule has 0 radical (unpaired) electrons. The molecule has 0 saturated heterocycles. The lowest BCUT2D eigenvalue weighted by atomic mass is 10.2. The Morgan fingerprint density at radius 2 is 1.70 bits per heavy atom. The van der Waals surface area contributed by atoms with Crippen LogP contribution in [0.5, 0.6) is 5.75 Å². The number of ether oxygens (including phenoxy) is 1. The zero-order valence-electron chi connectivity index (χ0n) is 14.4. The third-order valence-electron chi connectivity index (χ3n) is 3.65. The average Bonchev–Trinajstić information content (AvgIpc) is 2.64. The van der Waals surface area contributed by atoms with E-state index in [9.17, 15) is 26.4 Å². The molecule has 0 unspecified atom stereocenters. The molecule has 0 aliphatic rings. The van der Waals surface area contributed by atoms with Gasteiger partial charge in [0.15, 0.2) is 0 Å². The minimum Gasteiger partial charge on any atom is -0.495 e. The van der Waals surface area contributed by atoms with E-state index in [1.54, 1.807) is 29.6 Å². The smallest absolute Gasteiger partial charge is 0.405 e. The van der Waals surface area contributed by atoms with Gasteiger partial charge in [0.2, 0.25) is 0 Å². The van der Waals surface area contributed by atoms with E-state index >= 15 is 0 Å². The van der Waals surface area contributed by atoms with Crippen LogP contribution < -0.4 is 14.4 Å². The van der Waals surface area contributed by atoms with Crippen LogP contribution in [-0.2, 0) is 10.0 Å². The predicted octanol–water partition coefficient (Wildman–Crippen LogP) is 2.81. The number of methoxy groups -OCH3 is 1. The number of anilines is 1. The Morgan fingerprint density at radius 3 is 2.26 bits per heavy atom. The zero-order valence-corrected chi connectivity index (χ0v) is 15.3. The van der Waals surface area contributed by atoms with Crippen LogP contribution in [0.4, 0.5) is 18.9 Å². The van der Waals surface area contributed by atoms with Crippen molar-refractivity contribution in [3.63, 3.8) is 0 Å². The summed E-state index contributed by atoms with van der Waals surface area (Å²) in [4.78, 5) is 11.6. The highest BCUT2D eigenvalue weighted by molar-refractivity contribution is 7.92. The Labute approximate surface area is 154 Å². The molecule has 0 aliphatic carbocycles. The van der Waals surface area contributed by atoms with Crippen molar-refractivity contribution in [1.29, 1.82) is 0 Å². The van der Waals surface area contributed by atoms with Crippen LogP contribution in [-0.4, -0.2) is 41.2 Å². The first-order valence-electron chi connectivity index (χ1n) is 7.63. The number of hydrogen-bond donors (Lipinski definition) is 1. The van der Waals surface area contributed by atoms with Crippen LogP contribution in [0.25, 0.3) is 0 Å². The Hall–Kier alpha value is -2.75. The fraction of sp³-hybridized carbons (Fsp3) is 0.235. The molecule has 0 fully saturated rings. The number of carbonyl (C=O) groups is 1. The molecule has 1 amide bonds. The van der Waals surface area contributed by atoms with Crippen molar-refractivity contribution in [3.8, 4) is 5.75 Å². The Kier molecular flexibility index (Phi) is 5.99. The maximum atomic E-state index is 12.8. The summed E-state index contributed by atoms with van der Waals surface area (Å²) in [5.41, 5.74) is 0.227. The summed E-state index contributed by atoms with van der Waals surface area (Å²) in [5.74, 6) is -0.596. The third kappa shape index (κ3) is 4.91. The van der Waals surface area contributed by atoms with E-state index in [0.29, 0.717) is 11.4 Å². The van der Waals surface area contributed by atoms with E-state index in [2.05, 4.69) is 0 Å². The molecular weight excluding hydrogens is 385 g/mol. The lowest BCUT2D eigenvalue weighted by molar-refractivity contribution is -0.123. The lowest BCUT2D eigenvalue weighted by Crippen LogP contribution is -2.33. The minimum absolute atomic E-state index is 0.0851. The molecule has 2 rings (SSSR count). The van der Waals surface area contributed by atoms with E-state index < -0.39 is 28.7 Å². The van der Waals surface area contributed by atoms with E-state index in [4.69, 9.17) is 4.74 Å². The summed E-state index contributed by atoms with van der Waals surface area (Å²) >= 11 is 0. The first kappa shape index (κ1) is 20.6.